The molecule has 3 heterocycles. The summed E-state index contributed by atoms with van der Waals surface area (Å²) in [5.41, 5.74) is 1.70. The number of hydrogen-bond acceptors (Lipinski definition) is 6. The first kappa shape index (κ1) is 15.4. The molecule has 118 valence electrons. The van der Waals surface area contributed by atoms with Crippen LogP contribution in [0.2, 0.25) is 0 Å². The van der Waals surface area contributed by atoms with Gasteiger partial charge >= 0.3 is 0 Å². The van der Waals surface area contributed by atoms with Crippen LogP contribution >= 0.6 is 22.7 Å². The number of fused-ring (bicyclic) bond motifs is 1. The topological polar surface area (TPSA) is 79.4 Å². The number of carbonyl (C=O) groups is 1. The van der Waals surface area contributed by atoms with E-state index in [4.69, 9.17) is 0 Å². The summed E-state index contributed by atoms with van der Waals surface area (Å²) in [6.07, 6.45) is 0.700. The van der Waals surface area contributed by atoms with E-state index in [0.29, 0.717) is 24.6 Å². The van der Waals surface area contributed by atoms with Crippen LogP contribution in [0.25, 0.3) is 0 Å². The molecule has 2 aromatic rings. The quantitative estimate of drug-likeness (QED) is 0.913. The highest BCUT2D eigenvalue weighted by molar-refractivity contribution is 7.94. The van der Waals surface area contributed by atoms with Crippen LogP contribution in [0, 0.1) is 6.92 Å². The number of thiophene rings is 1. The maximum Gasteiger partial charge on any atom is 0.273 e. The van der Waals surface area contributed by atoms with Gasteiger partial charge in [-0.25, -0.2) is 13.4 Å². The van der Waals surface area contributed by atoms with Gasteiger partial charge in [0, 0.05) is 30.3 Å². The molecule has 6 nitrogen and oxygen atoms in total. The molecule has 0 unspecified atom stereocenters. The lowest BCUT2D eigenvalue weighted by Gasteiger charge is -2.25. The van der Waals surface area contributed by atoms with Crippen LogP contribution in [0.15, 0.2) is 15.7 Å². The number of thiazole rings is 1. The number of aryl methyl sites for hydroxylation is 1. The lowest BCUT2D eigenvalue weighted by Crippen LogP contribution is -2.33. The van der Waals surface area contributed by atoms with Crippen LogP contribution in [0.4, 0.5) is 5.13 Å². The van der Waals surface area contributed by atoms with Gasteiger partial charge in [-0.15, -0.1) is 22.7 Å². The highest BCUT2D eigenvalue weighted by Gasteiger charge is 2.25. The zero-order chi connectivity index (χ0) is 15.9. The molecule has 0 fully saturated rings. The number of amides is 1. The average molecular weight is 357 g/mol. The minimum atomic E-state index is -3.62. The first-order chi connectivity index (χ1) is 10.3. The molecular formula is C13H15N3O3S3. The lowest BCUT2D eigenvalue weighted by atomic mass is 10.1. The fourth-order valence-corrected chi connectivity index (χ4v) is 5.76. The summed E-state index contributed by atoms with van der Waals surface area (Å²) < 4.78 is 27.6. The molecule has 9 heteroatoms. The number of sulfonamides is 1. The predicted octanol–water partition coefficient (Wildman–Crippen LogP) is 2.22. The van der Waals surface area contributed by atoms with Crippen molar-refractivity contribution in [1.29, 1.82) is 0 Å². The van der Waals surface area contributed by atoms with E-state index in [1.807, 2.05) is 6.92 Å². The van der Waals surface area contributed by atoms with E-state index in [0.717, 1.165) is 16.1 Å². The molecule has 2 aromatic heterocycles. The maximum atomic E-state index is 12.4. The lowest BCUT2D eigenvalue weighted by molar-refractivity contribution is -0.129. The number of carbonyl (C=O) groups excluding carboxylic acids is 1. The summed E-state index contributed by atoms with van der Waals surface area (Å²) >= 11 is 2.53. The van der Waals surface area contributed by atoms with Crippen molar-refractivity contribution in [3.05, 3.63) is 27.6 Å². The Hall–Kier alpha value is -1.45. The Bertz CT molecular complexity index is 823. The number of aromatic nitrogens is 1. The van der Waals surface area contributed by atoms with Gasteiger partial charge in [0.15, 0.2) is 5.13 Å². The molecule has 0 atom stereocenters. The minimum absolute atomic E-state index is 0.0117. The first-order valence-electron chi connectivity index (χ1n) is 6.67. The Morgan fingerprint density at radius 3 is 2.86 bits per heavy atom. The highest BCUT2D eigenvalue weighted by atomic mass is 32.2. The third-order valence-electron chi connectivity index (χ3n) is 3.39. The summed E-state index contributed by atoms with van der Waals surface area (Å²) in [6.45, 7) is 4.46. The Kier molecular flexibility index (Phi) is 3.96. The van der Waals surface area contributed by atoms with Crippen LogP contribution < -0.4 is 4.72 Å². The zero-order valence-electron chi connectivity index (χ0n) is 12.1. The van der Waals surface area contributed by atoms with E-state index in [9.17, 15) is 13.2 Å². The summed E-state index contributed by atoms with van der Waals surface area (Å²) in [6, 6.07) is 1.66. The molecule has 0 bridgehead atoms. The van der Waals surface area contributed by atoms with Crippen molar-refractivity contribution in [1.82, 2.24) is 9.88 Å². The molecule has 1 aliphatic heterocycles. The Morgan fingerprint density at radius 1 is 1.45 bits per heavy atom. The third-order valence-corrected chi connectivity index (χ3v) is 7.45. The van der Waals surface area contributed by atoms with E-state index in [1.165, 1.54) is 29.6 Å². The maximum absolute atomic E-state index is 12.4. The molecule has 0 saturated carbocycles. The van der Waals surface area contributed by atoms with Gasteiger partial charge in [-0.2, -0.15) is 0 Å². The van der Waals surface area contributed by atoms with Crippen LogP contribution in [-0.4, -0.2) is 30.8 Å². The molecule has 0 aliphatic carbocycles. The average Bonchev–Trinajstić information content (AvgIpc) is 3.03. The van der Waals surface area contributed by atoms with E-state index in [-0.39, 0.29) is 10.1 Å². The van der Waals surface area contributed by atoms with Crippen LogP contribution in [0.5, 0.6) is 0 Å². The second kappa shape index (κ2) is 5.64. The van der Waals surface area contributed by atoms with Crippen molar-refractivity contribution in [3.8, 4) is 0 Å². The SMILES string of the molecule is CC(=O)N1CCc2sc(S(=O)(=O)Nc3nc(C)cs3)cc2C1. The summed E-state index contributed by atoms with van der Waals surface area (Å²) in [5, 5.41) is 2.16. The second-order valence-corrected chi connectivity index (χ2v) is 9.01. The van der Waals surface area contributed by atoms with Gasteiger partial charge in [-0.3, -0.25) is 9.52 Å². The molecular weight excluding hydrogens is 342 g/mol. The van der Waals surface area contributed by atoms with Crippen LogP contribution in [0.3, 0.4) is 0 Å². The van der Waals surface area contributed by atoms with Gasteiger partial charge < -0.3 is 4.90 Å². The fraction of sp³-hybridized carbons (Fsp3) is 0.385. The van der Waals surface area contributed by atoms with Crippen molar-refractivity contribution in [2.75, 3.05) is 11.3 Å². The number of anilines is 1. The molecule has 1 N–H and O–H groups in total. The molecule has 22 heavy (non-hydrogen) atoms. The second-order valence-electron chi connectivity index (χ2n) is 5.10. The summed E-state index contributed by atoms with van der Waals surface area (Å²) in [5.74, 6) is 0.0117. The number of rotatable bonds is 3. The van der Waals surface area contributed by atoms with Gasteiger partial charge in [0.1, 0.15) is 4.21 Å². The van der Waals surface area contributed by atoms with Gasteiger partial charge in [0.25, 0.3) is 10.0 Å². The molecule has 0 saturated heterocycles. The molecule has 1 amide bonds. The Morgan fingerprint density at radius 2 is 2.23 bits per heavy atom. The zero-order valence-corrected chi connectivity index (χ0v) is 14.6. The van der Waals surface area contributed by atoms with Crippen molar-refractivity contribution in [2.45, 2.75) is 31.0 Å². The fourth-order valence-electron chi connectivity index (χ4n) is 2.27. The van der Waals surface area contributed by atoms with Crippen LogP contribution in [0.1, 0.15) is 23.1 Å². The van der Waals surface area contributed by atoms with Crippen LogP contribution in [-0.2, 0) is 27.8 Å². The largest absolute Gasteiger partial charge is 0.338 e. The number of hydrogen-bond donors (Lipinski definition) is 1. The van der Waals surface area contributed by atoms with Crippen molar-refractivity contribution >= 4 is 43.7 Å². The number of nitrogens with one attached hydrogen (secondary N) is 1. The first-order valence-corrected chi connectivity index (χ1v) is 9.85. The molecule has 0 radical (unpaired) electrons. The van der Waals surface area contributed by atoms with Gasteiger partial charge in [-0.1, -0.05) is 0 Å². The Labute approximate surface area is 136 Å². The third kappa shape index (κ3) is 3.01. The molecule has 3 rings (SSSR count). The van der Waals surface area contributed by atoms with E-state index < -0.39 is 10.0 Å². The number of nitrogens with zero attached hydrogens (tertiary/aromatic N) is 2. The van der Waals surface area contributed by atoms with E-state index >= 15 is 0 Å². The molecule has 0 aromatic carbocycles. The normalized spacial score (nSPS) is 14.7. The summed E-state index contributed by atoms with van der Waals surface area (Å²) in [4.78, 5) is 18.3. The highest BCUT2D eigenvalue weighted by Crippen LogP contribution is 2.32. The van der Waals surface area contributed by atoms with E-state index in [2.05, 4.69) is 9.71 Å². The standard InChI is InChI=1S/C13H15N3O3S3/c1-8-7-20-13(14-8)15-22(18,19)12-5-10-6-16(9(2)17)4-3-11(10)21-12/h5,7H,3-4,6H2,1-2H3,(H,14,15). The van der Waals surface area contributed by atoms with Gasteiger partial charge in [0.05, 0.1) is 5.69 Å². The van der Waals surface area contributed by atoms with Gasteiger partial charge in [0.2, 0.25) is 5.91 Å². The Balaban J connectivity index is 1.85. The van der Waals surface area contributed by atoms with E-state index in [1.54, 1.807) is 16.3 Å². The molecule has 0 spiro atoms. The molecule has 1 aliphatic rings. The predicted molar refractivity (Wildman–Crippen MR) is 86.8 cm³/mol. The summed E-state index contributed by atoms with van der Waals surface area (Å²) in [7, 11) is -3.62. The van der Waals surface area contributed by atoms with Crippen molar-refractivity contribution < 1.29 is 13.2 Å². The smallest absolute Gasteiger partial charge is 0.273 e. The minimum Gasteiger partial charge on any atom is -0.338 e. The van der Waals surface area contributed by atoms with Gasteiger partial charge in [-0.05, 0) is 25.0 Å². The van der Waals surface area contributed by atoms with Crippen molar-refractivity contribution in [3.63, 3.8) is 0 Å². The monoisotopic (exact) mass is 357 g/mol. The van der Waals surface area contributed by atoms with Crippen molar-refractivity contribution in [2.24, 2.45) is 0 Å².